The average molecular weight is 359 g/mol. The van der Waals surface area contributed by atoms with Crippen molar-refractivity contribution in [2.45, 2.75) is 6.92 Å². The monoisotopic (exact) mass is 359 g/mol. The predicted octanol–water partition coefficient (Wildman–Crippen LogP) is 1.55. The number of esters is 1. The molecule has 0 fully saturated rings. The van der Waals surface area contributed by atoms with Crippen LogP contribution in [0.25, 0.3) is 0 Å². The summed E-state index contributed by atoms with van der Waals surface area (Å²) in [5, 5.41) is 4.11. The van der Waals surface area contributed by atoms with Gasteiger partial charge in [-0.1, -0.05) is 12.1 Å². The zero-order valence-corrected chi connectivity index (χ0v) is 14.0. The second kappa shape index (κ2) is 6.81. The van der Waals surface area contributed by atoms with Gasteiger partial charge in [0.15, 0.2) is 10.8 Å². The second-order valence-corrected chi connectivity index (χ2v) is 5.91. The first-order chi connectivity index (χ1) is 12.0. The molecule has 1 aromatic carbocycles. The molecule has 0 saturated heterocycles. The Labute approximate surface area is 146 Å². The van der Waals surface area contributed by atoms with Gasteiger partial charge >= 0.3 is 5.97 Å². The summed E-state index contributed by atoms with van der Waals surface area (Å²) in [5.74, 6) is -2.19. The summed E-state index contributed by atoms with van der Waals surface area (Å²) in [6.07, 6.45) is 0. The fraction of sp³-hybridized carbons (Fsp3) is 0.188. The molecule has 0 aliphatic carbocycles. The van der Waals surface area contributed by atoms with Crippen LogP contribution in [0.4, 0.5) is 5.13 Å². The molecule has 0 radical (unpaired) electrons. The number of carbonyl (C=O) groups is 4. The van der Waals surface area contributed by atoms with E-state index in [0.29, 0.717) is 0 Å². The van der Waals surface area contributed by atoms with Crippen LogP contribution >= 0.6 is 11.3 Å². The molecule has 3 rings (SSSR count). The maximum Gasteiger partial charge on any atom is 0.357 e. The Balaban J connectivity index is 1.65. The molecule has 0 atom stereocenters. The molecule has 1 N–H and O–H groups in total. The zero-order chi connectivity index (χ0) is 18.0. The van der Waals surface area contributed by atoms with Crippen LogP contribution in [0.5, 0.6) is 0 Å². The highest BCUT2D eigenvalue weighted by Crippen LogP contribution is 2.22. The largest absolute Gasteiger partial charge is 0.461 e. The molecular formula is C16H13N3O5S. The van der Waals surface area contributed by atoms with Gasteiger partial charge in [0.25, 0.3) is 11.8 Å². The lowest BCUT2D eigenvalue weighted by Crippen LogP contribution is -2.37. The average Bonchev–Trinajstić information content (AvgIpc) is 3.15. The summed E-state index contributed by atoms with van der Waals surface area (Å²) in [6, 6.07) is 6.39. The standard InChI is InChI=1S/C16H13N3O5S/c1-2-24-15(23)11-8-25-16(17-11)18-12(20)7-19-13(21)9-5-3-4-6-10(9)14(19)22/h3-6,8H,2,7H2,1H3,(H,17,18,20). The van der Waals surface area contributed by atoms with Crippen molar-refractivity contribution < 1.29 is 23.9 Å². The molecule has 0 unspecified atom stereocenters. The third kappa shape index (κ3) is 3.26. The van der Waals surface area contributed by atoms with Crippen molar-refractivity contribution in [1.82, 2.24) is 9.88 Å². The first kappa shape index (κ1) is 16.8. The van der Waals surface area contributed by atoms with Crippen LogP contribution in [0.15, 0.2) is 29.6 Å². The molecular weight excluding hydrogens is 346 g/mol. The van der Waals surface area contributed by atoms with Gasteiger partial charge < -0.3 is 10.1 Å². The van der Waals surface area contributed by atoms with Crippen LogP contribution in [-0.4, -0.2) is 46.7 Å². The van der Waals surface area contributed by atoms with Crippen molar-refractivity contribution in [3.8, 4) is 0 Å². The number of nitrogens with zero attached hydrogens (tertiary/aromatic N) is 2. The number of anilines is 1. The van der Waals surface area contributed by atoms with Crippen LogP contribution in [0.2, 0.25) is 0 Å². The number of nitrogens with one attached hydrogen (secondary N) is 1. The Morgan fingerprint density at radius 3 is 2.44 bits per heavy atom. The van der Waals surface area contributed by atoms with Gasteiger partial charge in [0.1, 0.15) is 6.54 Å². The smallest absolute Gasteiger partial charge is 0.357 e. The van der Waals surface area contributed by atoms with E-state index in [9.17, 15) is 19.2 Å². The lowest BCUT2D eigenvalue weighted by molar-refractivity contribution is -0.116. The van der Waals surface area contributed by atoms with Crippen molar-refractivity contribution in [2.75, 3.05) is 18.5 Å². The van der Waals surface area contributed by atoms with Crippen LogP contribution < -0.4 is 5.32 Å². The molecule has 1 aliphatic heterocycles. The Kier molecular flexibility index (Phi) is 4.57. The van der Waals surface area contributed by atoms with E-state index in [0.717, 1.165) is 16.2 Å². The van der Waals surface area contributed by atoms with E-state index in [1.807, 2.05) is 0 Å². The highest BCUT2D eigenvalue weighted by atomic mass is 32.1. The number of carbonyl (C=O) groups excluding carboxylic acids is 4. The Morgan fingerprint density at radius 2 is 1.84 bits per heavy atom. The quantitative estimate of drug-likeness (QED) is 0.641. The van der Waals surface area contributed by atoms with Crippen LogP contribution in [0.1, 0.15) is 38.1 Å². The second-order valence-electron chi connectivity index (χ2n) is 5.05. The summed E-state index contributed by atoms with van der Waals surface area (Å²) in [5.41, 5.74) is 0.640. The van der Waals surface area contributed by atoms with Gasteiger partial charge in [0.05, 0.1) is 17.7 Å². The number of imide groups is 1. The van der Waals surface area contributed by atoms with E-state index in [2.05, 4.69) is 10.3 Å². The van der Waals surface area contributed by atoms with E-state index < -0.39 is 30.2 Å². The summed E-state index contributed by atoms with van der Waals surface area (Å²) >= 11 is 1.05. The lowest BCUT2D eigenvalue weighted by Gasteiger charge is -2.12. The number of thiazole rings is 1. The van der Waals surface area contributed by atoms with E-state index in [4.69, 9.17) is 4.74 Å². The Bertz CT molecular complexity index is 841. The minimum Gasteiger partial charge on any atom is -0.461 e. The molecule has 0 bridgehead atoms. The number of amides is 3. The molecule has 1 aromatic heterocycles. The predicted molar refractivity (Wildman–Crippen MR) is 88.5 cm³/mol. The van der Waals surface area contributed by atoms with E-state index in [1.165, 1.54) is 5.38 Å². The maximum absolute atomic E-state index is 12.2. The van der Waals surface area contributed by atoms with Gasteiger partial charge in [-0.25, -0.2) is 9.78 Å². The van der Waals surface area contributed by atoms with Gasteiger partial charge in [-0.2, -0.15) is 0 Å². The molecule has 3 amide bonds. The minimum absolute atomic E-state index is 0.0860. The van der Waals surface area contributed by atoms with E-state index in [1.54, 1.807) is 31.2 Å². The van der Waals surface area contributed by atoms with Gasteiger partial charge in [0, 0.05) is 5.38 Å². The summed E-state index contributed by atoms with van der Waals surface area (Å²) < 4.78 is 4.81. The molecule has 9 heteroatoms. The van der Waals surface area contributed by atoms with Crippen LogP contribution in [-0.2, 0) is 9.53 Å². The van der Waals surface area contributed by atoms with Gasteiger partial charge in [-0.3, -0.25) is 19.3 Å². The fourth-order valence-corrected chi connectivity index (χ4v) is 3.01. The summed E-state index contributed by atoms with van der Waals surface area (Å²) in [6.45, 7) is 1.47. The number of fused-ring (bicyclic) bond motifs is 1. The SMILES string of the molecule is CCOC(=O)c1csc(NC(=O)CN2C(=O)c3ccccc3C2=O)n1. The molecule has 1 aliphatic rings. The van der Waals surface area contributed by atoms with Crippen LogP contribution in [0.3, 0.4) is 0 Å². The van der Waals surface area contributed by atoms with Crippen molar-refractivity contribution in [3.63, 3.8) is 0 Å². The van der Waals surface area contributed by atoms with Crippen molar-refractivity contribution >= 4 is 40.2 Å². The van der Waals surface area contributed by atoms with E-state index in [-0.39, 0.29) is 28.6 Å². The van der Waals surface area contributed by atoms with E-state index >= 15 is 0 Å². The number of hydrogen-bond acceptors (Lipinski definition) is 7. The molecule has 8 nitrogen and oxygen atoms in total. The van der Waals surface area contributed by atoms with Crippen LogP contribution in [0, 0.1) is 0 Å². The third-order valence-corrected chi connectivity index (χ3v) is 4.17. The van der Waals surface area contributed by atoms with Gasteiger partial charge in [-0.05, 0) is 19.1 Å². The molecule has 128 valence electrons. The molecule has 2 heterocycles. The Hall–Kier alpha value is -3.07. The first-order valence-corrected chi connectivity index (χ1v) is 8.27. The Morgan fingerprint density at radius 1 is 1.20 bits per heavy atom. The highest BCUT2D eigenvalue weighted by molar-refractivity contribution is 7.14. The fourth-order valence-electron chi connectivity index (χ4n) is 2.32. The molecule has 25 heavy (non-hydrogen) atoms. The number of benzene rings is 1. The van der Waals surface area contributed by atoms with Gasteiger partial charge in [0.2, 0.25) is 5.91 Å². The van der Waals surface area contributed by atoms with Crippen molar-refractivity contribution in [1.29, 1.82) is 0 Å². The number of rotatable bonds is 5. The zero-order valence-electron chi connectivity index (χ0n) is 13.1. The first-order valence-electron chi connectivity index (χ1n) is 7.39. The summed E-state index contributed by atoms with van der Waals surface area (Å²) in [7, 11) is 0. The number of aromatic nitrogens is 1. The van der Waals surface area contributed by atoms with Crippen molar-refractivity contribution in [3.05, 3.63) is 46.5 Å². The molecule has 0 saturated carbocycles. The number of hydrogen-bond donors (Lipinski definition) is 1. The molecule has 2 aromatic rings. The van der Waals surface area contributed by atoms with Gasteiger partial charge in [-0.15, -0.1) is 11.3 Å². The topological polar surface area (TPSA) is 106 Å². The minimum atomic E-state index is -0.584. The lowest BCUT2D eigenvalue weighted by atomic mass is 10.1. The van der Waals surface area contributed by atoms with Crippen molar-refractivity contribution in [2.24, 2.45) is 0 Å². The number of ether oxygens (including phenoxy) is 1. The molecule has 0 spiro atoms. The third-order valence-electron chi connectivity index (χ3n) is 3.42. The highest BCUT2D eigenvalue weighted by Gasteiger charge is 2.36. The normalized spacial score (nSPS) is 12.9. The maximum atomic E-state index is 12.2. The summed E-state index contributed by atoms with van der Waals surface area (Å²) in [4.78, 5) is 52.9.